The Hall–Kier alpha value is -1.87. The van der Waals surface area contributed by atoms with Crippen LogP contribution in [0.5, 0.6) is 0 Å². The lowest BCUT2D eigenvalue weighted by Gasteiger charge is -2.27. The highest BCUT2D eigenvalue weighted by atomic mass is 32.2. The van der Waals surface area contributed by atoms with Gasteiger partial charge in [-0.1, -0.05) is 18.2 Å². The first kappa shape index (κ1) is 23.3. The van der Waals surface area contributed by atoms with Crippen LogP contribution in [-0.2, 0) is 27.6 Å². The van der Waals surface area contributed by atoms with Crippen LogP contribution in [0.4, 0.5) is 0 Å². The molecule has 1 saturated heterocycles. The van der Waals surface area contributed by atoms with E-state index in [0.29, 0.717) is 31.9 Å². The molecule has 0 spiro atoms. The molecule has 1 aliphatic carbocycles. The minimum atomic E-state index is -3.80. The Morgan fingerprint density at radius 3 is 2.50 bits per heavy atom. The van der Waals surface area contributed by atoms with Crippen molar-refractivity contribution in [2.45, 2.75) is 48.4 Å². The van der Waals surface area contributed by atoms with Crippen molar-refractivity contribution in [1.82, 2.24) is 9.62 Å². The van der Waals surface area contributed by atoms with Crippen LogP contribution in [0.3, 0.4) is 0 Å². The lowest BCUT2D eigenvalue weighted by Crippen LogP contribution is -2.41. The summed E-state index contributed by atoms with van der Waals surface area (Å²) in [6.45, 7) is 3.88. The van der Waals surface area contributed by atoms with Crippen molar-refractivity contribution < 1.29 is 17.9 Å². The van der Waals surface area contributed by atoms with Gasteiger partial charge in [0.25, 0.3) is 5.91 Å². The highest BCUT2D eigenvalue weighted by Gasteiger charge is 2.25. The Morgan fingerprint density at radius 2 is 1.78 bits per heavy atom. The predicted molar refractivity (Wildman–Crippen MR) is 127 cm³/mol. The number of fused-ring (bicyclic) bond motifs is 1. The predicted octanol–water partition coefficient (Wildman–Crippen LogP) is 3.80. The third-order valence-electron chi connectivity index (χ3n) is 6.21. The third kappa shape index (κ3) is 5.03. The number of ether oxygens (including phenoxy) is 1. The molecule has 2 aromatic carbocycles. The second kappa shape index (κ2) is 9.95. The van der Waals surface area contributed by atoms with E-state index in [1.165, 1.54) is 41.8 Å². The molecule has 32 heavy (non-hydrogen) atoms. The normalized spacial score (nSPS) is 17.6. The summed E-state index contributed by atoms with van der Waals surface area (Å²) in [6.07, 6.45) is 6.42. The van der Waals surface area contributed by atoms with Gasteiger partial charge in [0.2, 0.25) is 10.0 Å². The smallest absolute Gasteiger partial charge is 0.255 e. The van der Waals surface area contributed by atoms with Gasteiger partial charge in [-0.3, -0.25) is 4.79 Å². The number of rotatable bonds is 6. The summed E-state index contributed by atoms with van der Waals surface area (Å²) >= 11 is 1.44. The Kier molecular flexibility index (Phi) is 7.24. The molecule has 2 aromatic rings. The van der Waals surface area contributed by atoms with Crippen molar-refractivity contribution in [2.75, 3.05) is 32.6 Å². The molecule has 4 rings (SSSR count). The second-order valence-electron chi connectivity index (χ2n) is 8.34. The molecule has 1 amide bonds. The number of amides is 1. The van der Waals surface area contributed by atoms with Crippen molar-refractivity contribution in [3.63, 3.8) is 0 Å². The van der Waals surface area contributed by atoms with Gasteiger partial charge in [-0.2, -0.15) is 0 Å². The molecular formula is C24H30N2O4S2. The molecule has 1 aliphatic heterocycles. The molecule has 8 heteroatoms. The zero-order valence-corrected chi connectivity index (χ0v) is 20.2. The summed E-state index contributed by atoms with van der Waals surface area (Å²) in [6, 6.07) is 10.7. The molecule has 1 atom stereocenters. The molecule has 172 valence electrons. The Morgan fingerprint density at radius 1 is 1.06 bits per heavy atom. The van der Waals surface area contributed by atoms with Gasteiger partial charge in [0.1, 0.15) is 0 Å². The maximum Gasteiger partial charge on any atom is 0.255 e. The maximum atomic E-state index is 13.2. The summed E-state index contributed by atoms with van der Waals surface area (Å²) in [5.74, 6) is -0.155. The van der Waals surface area contributed by atoms with E-state index in [1.807, 2.05) is 19.2 Å². The molecule has 6 nitrogen and oxygen atoms in total. The molecule has 0 saturated carbocycles. The molecule has 0 radical (unpaired) electrons. The fourth-order valence-electron chi connectivity index (χ4n) is 4.35. The van der Waals surface area contributed by atoms with Crippen molar-refractivity contribution in [1.29, 1.82) is 0 Å². The van der Waals surface area contributed by atoms with Crippen LogP contribution in [-0.4, -0.2) is 51.8 Å². The average Bonchev–Trinajstić information content (AvgIpc) is 2.83. The van der Waals surface area contributed by atoms with Crippen LogP contribution in [0.25, 0.3) is 0 Å². The first-order chi connectivity index (χ1) is 15.4. The third-order valence-corrected chi connectivity index (χ3v) is 8.55. The van der Waals surface area contributed by atoms with Gasteiger partial charge in [0, 0.05) is 24.0 Å². The minimum Gasteiger partial charge on any atom is -0.378 e. The van der Waals surface area contributed by atoms with Crippen LogP contribution in [0, 0.1) is 0 Å². The van der Waals surface area contributed by atoms with Crippen LogP contribution in [0.2, 0.25) is 0 Å². The van der Waals surface area contributed by atoms with Gasteiger partial charge in [0.05, 0.1) is 23.7 Å². The van der Waals surface area contributed by atoms with E-state index in [9.17, 15) is 13.2 Å². The van der Waals surface area contributed by atoms with E-state index in [0.717, 1.165) is 23.3 Å². The van der Waals surface area contributed by atoms with E-state index < -0.39 is 10.0 Å². The Balaban J connectivity index is 1.57. The zero-order chi connectivity index (χ0) is 22.7. The number of hydrogen-bond donors (Lipinski definition) is 1. The summed E-state index contributed by atoms with van der Waals surface area (Å²) < 4.78 is 34.5. The summed E-state index contributed by atoms with van der Waals surface area (Å²) in [5.41, 5.74) is 4.07. The number of carbonyl (C=O) groups excluding carboxylic acids is 1. The topological polar surface area (TPSA) is 75.7 Å². The van der Waals surface area contributed by atoms with Crippen molar-refractivity contribution in [3.05, 3.63) is 58.7 Å². The van der Waals surface area contributed by atoms with Gasteiger partial charge in [-0.05, 0) is 73.8 Å². The SMILES string of the molecule is CSc1ccc(S(=O)(=O)NC(C)c2ccc3c(c2)CCCC3)cc1C(=O)N1CCOCC1. The Bertz CT molecular complexity index is 1100. The van der Waals surface area contributed by atoms with Gasteiger partial charge in [-0.15, -0.1) is 11.8 Å². The van der Waals surface area contributed by atoms with Crippen LogP contribution in [0.15, 0.2) is 46.2 Å². The zero-order valence-electron chi connectivity index (χ0n) is 18.6. The van der Waals surface area contributed by atoms with E-state index >= 15 is 0 Å². The number of morpholine rings is 1. The molecule has 1 N–H and O–H groups in total. The summed E-state index contributed by atoms with van der Waals surface area (Å²) in [4.78, 5) is 15.7. The molecule has 1 heterocycles. The van der Waals surface area contributed by atoms with Gasteiger partial charge in [0.15, 0.2) is 0 Å². The Labute approximate surface area is 194 Å². The van der Waals surface area contributed by atoms with Crippen molar-refractivity contribution in [3.8, 4) is 0 Å². The van der Waals surface area contributed by atoms with E-state index in [1.54, 1.807) is 17.0 Å². The number of nitrogens with zero attached hydrogens (tertiary/aromatic N) is 1. The number of thioether (sulfide) groups is 1. The summed E-state index contributed by atoms with van der Waals surface area (Å²) in [5, 5.41) is 0. The van der Waals surface area contributed by atoms with Gasteiger partial charge in [-0.25, -0.2) is 13.1 Å². The van der Waals surface area contributed by atoms with Crippen LogP contribution in [0.1, 0.15) is 52.9 Å². The minimum absolute atomic E-state index is 0.108. The number of aryl methyl sites for hydroxylation is 2. The van der Waals surface area contributed by atoms with Crippen molar-refractivity contribution in [2.24, 2.45) is 0 Å². The standard InChI is InChI=1S/C24H30N2O4S2/c1-17(19-8-7-18-5-3-4-6-20(18)15-19)25-32(28,29)21-9-10-23(31-2)22(16-21)24(27)26-11-13-30-14-12-26/h7-10,15-17,25H,3-6,11-14H2,1-2H3. The number of carbonyl (C=O) groups is 1. The van der Waals surface area contributed by atoms with Gasteiger partial charge < -0.3 is 9.64 Å². The highest BCUT2D eigenvalue weighted by Crippen LogP contribution is 2.28. The molecule has 0 aromatic heterocycles. The number of benzene rings is 2. The van der Waals surface area contributed by atoms with E-state index in [2.05, 4.69) is 16.9 Å². The lowest BCUT2D eigenvalue weighted by molar-refractivity contribution is 0.0300. The number of nitrogens with one attached hydrogen (secondary N) is 1. The van der Waals surface area contributed by atoms with E-state index in [-0.39, 0.29) is 16.8 Å². The number of hydrogen-bond acceptors (Lipinski definition) is 5. The fraction of sp³-hybridized carbons (Fsp3) is 0.458. The van der Waals surface area contributed by atoms with E-state index in [4.69, 9.17) is 4.74 Å². The fourth-order valence-corrected chi connectivity index (χ4v) is 6.18. The second-order valence-corrected chi connectivity index (χ2v) is 10.9. The van der Waals surface area contributed by atoms with Crippen LogP contribution < -0.4 is 4.72 Å². The lowest BCUT2D eigenvalue weighted by atomic mass is 9.89. The molecule has 1 fully saturated rings. The molecule has 2 aliphatic rings. The molecule has 1 unspecified atom stereocenters. The highest BCUT2D eigenvalue weighted by molar-refractivity contribution is 7.98. The number of sulfonamides is 1. The van der Waals surface area contributed by atoms with Gasteiger partial charge >= 0.3 is 0 Å². The largest absolute Gasteiger partial charge is 0.378 e. The molecule has 0 bridgehead atoms. The first-order valence-electron chi connectivity index (χ1n) is 11.1. The van der Waals surface area contributed by atoms with Crippen molar-refractivity contribution >= 4 is 27.7 Å². The van der Waals surface area contributed by atoms with Crippen LogP contribution >= 0.6 is 11.8 Å². The quantitative estimate of drug-likeness (QED) is 0.645. The monoisotopic (exact) mass is 474 g/mol. The average molecular weight is 475 g/mol. The summed E-state index contributed by atoms with van der Waals surface area (Å²) in [7, 11) is -3.80. The first-order valence-corrected chi connectivity index (χ1v) is 13.8. The molecular weight excluding hydrogens is 444 g/mol. The maximum absolute atomic E-state index is 13.2.